The van der Waals surface area contributed by atoms with E-state index in [4.69, 9.17) is 0 Å². The first kappa shape index (κ1) is 15.1. The molecule has 0 N–H and O–H groups in total. The van der Waals surface area contributed by atoms with Crippen molar-refractivity contribution in [1.29, 1.82) is 0 Å². The average Bonchev–Trinajstić information content (AvgIpc) is 2.24. The molecular weight excluding hydrogens is 200 g/mol. The highest BCUT2D eigenvalue weighted by molar-refractivity contribution is 5.80. The Balaban J connectivity index is 3.81. The third-order valence-corrected chi connectivity index (χ3v) is 2.78. The molecule has 16 heavy (non-hydrogen) atoms. The summed E-state index contributed by atoms with van der Waals surface area (Å²) in [7, 11) is 0. The molecule has 0 aliphatic carbocycles. The zero-order chi connectivity index (χ0) is 12.6. The molecule has 0 aromatic carbocycles. The van der Waals surface area contributed by atoms with E-state index < -0.39 is 0 Å². The highest BCUT2D eigenvalue weighted by Crippen LogP contribution is 2.13. The lowest BCUT2D eigenvalue weighted by atomic mass is 9.94. The molecule has 0 fully saturated rings. The van der Waals surface area contributed by atoms with Crippen LogP contribution in [0.3, 0.4) is 0 Å². The van der Waals surface area contributed by atoms with Gasteiger partial charge in [0.25, 0.3) is 0 Å². The average molecular weight is 224 g/mol. The molecule has 0 amide bonds. The molecule has 0 radical (unpaired) electrons. The van der Waals surface area contributed by atoms with E-state index in [2.05, 4.69) is 19.9 Å². The van der Waals surface area contributed by atoms with Crippen LogP contribution in [0.4, 0.5) is 0 Å². The van der Waals surface area contributed by atoms with Crippen molar-refractivity contribution in [2.75, 3.05) is 0 Å². The number of carbonyl (C=O) groups is 2. The maximum Gasteiger partial charge on any atom is 0.135 e. The summed E-state index contributed by atoms with van der Waals surface area (Å²) in [4.78, 5) is 22.1. The van der Waals surface area contributed by atoms with Gasteiger partial charge >= 0.3 is 0 Å². The second-order valence-electron chi connectivity index (χ2n) is 4.88. The number of rotatable bonds is 8. The fourth-order valence-corrected chi connectivity index (χ4v) is 1.47. The highest BCUT2D eigenvalue weighted by atomic mass is 16.1. The molecule has 0 heterocycles. The SMILES string of the molecule is CC(C)=CCCC(C)C(=O)CCC(C)C=O. The van der Waals surface area contributed by atoms with Crippen molar-refractivity contribution in [2.24, 2.45) is 11.8 Å². The molecule has 2 unspecified atom stereocenters. The van der Waals surface area contributed by atoms with E-state index >= 15 is 0 Å². The molecule has 0 saturated heterocycles. The number of ketones is 1. The summed E-state index contributed by atoms with van der Waals surface area (Å²) in [5.74, 6) is 0.416. The van der Waals surface area contributed by atoms with Gasteiger partial charge in [0.05, 0.1) is 0 Å². The first-order valence-corrected chi connectivity index (χ1v) is 6.08. The minimum absolute atomic E-state index is 0.00827. The van der Waals surface area contributed by atoms with Gasteiger partial charge in [0.1, 0.15) is 12.1 Å². The Hall–Kier alpha value is -0.920. The molecule has 0 aromatic heterocycles. The van der Waals surface area contributed by atoms with Crippen LogP contribution in [-0.4, -0.2) is 12.1 Å². The van der Waals surface area contributed by atoms with Gasteiger partial charge in [0, 0.05) is 18.3 Å². The summed E-state index contributed by atoms with van der Waals surface area (Å²) in [5.41, 5.74) is 1.30. The second-order valence-corrected chi connectivity index (χ2v) is 4.88. The molecule has 2 nitrogen and oxygen atoms in total. The third kappa shape index (κ3) is 7.38. The molecule has 92 valence electrons. The molecule has 0 aliphatic rings. The van der Waals surface area contributed by atoms with Crippen molar-refractivity contribution in [3.8, 4) is 0 Å². The lowest BCUT2D eigenvalue weighted by Gasteiger charge is -2.09. The zero-order valence-corrected chi connectivity index (χ0v) is 11.0. The Morgan fingerprint density at radius 1 is 1.19 bits per heavy atom. The fraction of sp³-hybridized carbons (Fsp3) is 0.714. The molecule has 0 aromatic rings. The standard InChI is InChI=1S/C14H24O2/c1-11(2)6-5-7-13(4)14(16)9-8-12(3)10-15/h6,10,12-13H,5,7-9H2,1-4H3. The van der Waals surface area contributed by atoms with E-state index in [0.717, 1.165) is 19.1 Å². The van der Waals surface area contributed by atoms with Crippen LogP contribution in [0.5, 0.6) is 0 Å². The van der Waals surface area contributed by atoms with Gasteiger partial charge < -0.3 is 4.79 Å². The lowest BCUT2D eigenvalue weighted by Crippen LogP contribution is -2.12. The van der Waals surface area contributed by atoms with Crippen molar-refractivity contribution in [3.05, 3.63) is 11.6 Å². The summed E-state index contributed by atoms with van der Waals surface area (Å²) < 4.78 is 0. The van der Waals surface area contributed by atoms with E-state index in [0.29, 0.717) is 12.8 Å². The molecule has 2 heteroatoms. The van der Waals surface area contributed by atoms with Gasteiger partial charge in [0.15, 0.2) is 0 Å². The van der Waals surface area contributed by atoms with Gasteiger partial charge in [-0.1, -0.05) is 25.5 Å². The molecule has 0 aliphatic heterocycles. The maximum absolute atomic E-state index is 11.7. The fourth-order valence-electron chi connectivity index (χ4n) is 1.47. The summed E-state index contributed by atoms with van der Waals surface area (Å²) in [6.45, 7) is 7.97. The van der Waals surface area contributed by atoms with Gasteiger partial charge in [-0.25, -0.2) is 0 Å². The summed E-state index contributed by atoms with van der Waals surface area (Å²) in [6, 6.07) is 0. The summed E-state index contributed by atoms with van der Waals surface area (Å²) in [6.07, 6.45) is 6.20. The van der Waals surface area contributed by atoms with Crippen molar-refractivity contribution in [2.45, 2.75) is 53.4 Å². The van der Waals surface area contributed by atoms with Crippen LogP contribution in [0.1, 0.15) is 53.4 Å². The monoisotopic (exact) mass is 224 g/mol. The zero-order valence-electron chi connectivity index (χ0n) is 11.0. The van der Waals surface area contributed by atoms with E-state index in [1.54, 1.807) is 0 Å². The number of allylic oxidation sites excluding steroid dienone is 2. The van der Waals surface area contributed by atoms with Crippen molar-refractivity contribution in [1.82, 2.24) is 0 Å². The number of hydrogen-bond acceptors (Lipinski definition) is 2. The minimum Gasteiger partial charge on any atom is -0.303 e. The lowest BCUT2D eigenvalue weighted by molar-refractivity contribution is -0.122. The number of aldehydes is 1. The van der Waals surface area contributed by atoms with Crippen LogP contribution in [0.2, 0.25) is 0 Å². The highest BCUT2D eigenvalue weighted by Gasteiger charge is 2.13. The molecule has 0 bridgehead atoms. The Kier molecular flexibility index (Phi) is 7.78. The van der Waals surface area contributed by atoms with Crippen molar-refractivity contribution >= 4 is 12.1 Å². The Morgan fingerprint density at radius 2 is 1.81 bits per heavy atom. The molecule has 2 atom stereocenters. The third-order valence-electron chi connectivity index (χ3n) is 2.78. The van der Waals surface area contributed by atoms with Crippen molar-refractivity contribution < 1.29 is 9.59 Å². The van der Waals surface area contributed by atoms with E-state index in [1.807, 2.05) is 13.8 Å². The number of Topliss-reactive ketones (excluding diaryl/α,β-unsaturated/α-hetero) is 1. The normalized spacial score (nSPS) is 14.0. The van der Waals surface area contributed by atoms with E-state index in [-0.39, 0.29) is 17.6 Å². The van der Waals surface area contributed by atoms with E-state index in [9.17, 15) is 9.59 Å². The first-order chi connectivity index (χ1) is 7.47. The van der Waals surface area contributed by atoms with Gasteiger partial charge in [-0.2, -0.15) is 0 Å². The van der Waals surface area contributed by atoms with Crippen LogP contribution in [0.25, 0.3) is 0 Å². The minimum atomic E-state index is 0.00827. The number of carbonyl (C=O) groups excluding carboxylic acids is 2. The second kappa shape index (κ2) is 8.26. The van der Waals surface area contributed by atoms with Crippen molar-refractivity contribution in [3.63, 3.8) is 0 Å². The molecule has 0 saturated carbocycles. The van der Waals surface area contributed by atoms with Gasteiger partial charge in [0.2, 0.25) is 0 Å². The van der Waals surface area contributed by atoms with Crippen LogP contribution < -0.4 is 0 Å². The van der Waals surface area contributed by atoms with Gasteiger partial charge in [-0.15, -0.1) is 0 Å². The topological polar surface area (TPSA) is 34.1 Å². The smallest absolute Gasteiger partial charge is 0.135 e. The van der Waals surface area contributed by atoms with Crippen LogP contribution in [0, 0.1) is 11.8 Å². The maximum atomic E-state index is 11.7. The van der Waals surface area contributed by atoms with Gasteiger partial charge in [-0.3, -0.25) is 4.79 Å². The Bertz CT molecular complexity index is 249. The van der Waals surface area contributed by atoms with Crippen LogP contribution in [-0.2, 0) is 9.59 Å². The van der Waals surface area contributed by atoms with Gasteiger partial charge in [-0.05, 0) is 33.1 Å². The molecule has 0 spiro atoms. The predicted octanol–water partition coefficient (Wildman–Crippen LogP) is 3.55. The Labute approximate surface area is 99.1 Å². The predicted molar refractivity (Wildman–Crippen MR) is 67.3 cm³/mol. The molecule has 0 rings (SSSR count). The molecular formula is C14H24O2. The summed E-state index contributed by atoms with van der Waals surface area (Å²) >= 11 is 0. The number of hydrogen-bond donors (Lipinski definition) is 0. The Morgan fingerprint density at radius 3 is 2.31 bits per heavy atom. The quantitative estimate of drug-likeness (QED) is 0.466. The largest absolute Gasteiger partial charge is 0.303 e. The van der Waals surface area contributed by atoms with Crippen LogP contribution >= 0.6 is 0 Å². The van der Waals surface area contributed by atoms with E-state index in [1.165, 1.54) is 5.57 Å². The van der Waals surface area contributed by atoms with Crippen LogP contribution in [0.15, 0.2) is 11.6 Å². The summed E-state index contributed by atoms with van der Waals surface area (Å²) in [5, 5.41) is 0. The first-order valence-electron chi connectivity index (χ1n) is 6.08.